The van der Waals surface area contributed by atoms with E-state index in [1.807, 2.05) is 0 Å². The van der Waals surface area contributed by atoms with Gasteiger partial charge in [-0.1, -0.05) is 88.5 Å². The van der Waals surface area contributed by atoms with Crippen molar-refractivity contribution in [3.8, 4) is 6.07 Å². The Balaban J connectivity index is 4.17. The maximum Gasteiger partial charge on any atom is 0.0624 e. The van der Waals surface area contributed by atoms with Crippen molar-refractivity contribution >= 4 is 0 Å². The molecule has 0 fully saturated rings. The smallest absolute Gasteiger partial charge is 0.0624 e. The van der Waals surface area contributed by atoms with Gasteiger partial charge in [0, 0.05) is 6.42 Å². The summed E-state index contributed by atoms with van der Waals surface area (Å²) in [5.74, 6) is 0.509. The molecule has 230 valence electrons. The predicted molar refractivity (Wildman–Crippen MR) is 186 cm³/mol. The largest absolute Gasteiger partial charge is 0.198 e. The molecule has 0 aromatic carbocycles. The third-order valence-electron chi connectivity index (χ3n) is 7.84. The normalized spacial score (nSPS) is 14.7. The quantitative estimate of drug-likeness (QED) is 0.121. The third-order valence-corrected chi connectivity index (χ3v) is 7.84. The van der Waals surface area contributed by atoms with Crippen LogP contribution < -0.4 is 0 Å². The second-order valence-electron chi connectivity index (χ2n) is 12.9. The summed E-state index contributed by atoms with van der Waals surface area (Å²) in [5, 5.41) is 8.77. The van der Waals surface area contributed by atoms with Crippen LogP contribution in [0.3, 0.4) is 0 Å². The fourth-order valence-corrected chi connectivity index (χ4v) is 4.80. The summed E-state index contributed by atoms with van der Waals surface area (Å²) in [6.07, 6.45) is 33.8. The predicted octanol–water partition coefficient (Wildman–Crippen LogP) is 13.6. The van der Waals surface area contributed by atoms with Gasteiger partial charge in [0.05, 0.1) is 6.07 Å². The molecule has 0 rings (SSSR count). The van der Waals surface area contributed by atoms with Crippen LogP contribution in [0.4, 0.5) is 0 Å². The summed E-state index contributed by atoms with van der Waals surface area (Å²) in [6.45, 7) is 20.2. The Hall–Kier alpha value is -2.33. The second-order valence-corrected chi connectivity index (χ2v) is 12.9. The molecule has 1 heteroatoms. The summed E-state index contributed by atoms with van der Waals surface area (Å²) in [4.78, 5) is 0. The van der Waals surface area contributed by atoms with Gasteiger partial charge in [-0.25, -0.2) is 0 Å². The maximum absolute atomic E-state index is 8.77. The fourth-order valence-electron chi connectivity index (χ4n) is 4.80. The molecule has 0 spiro atoms. The highest BCUT2D eigenvalue weighted by Crippen LogP contribution is 2.17. The van der Waals surface area contributed by atoms with E-state index in [1.165, 1.54) is 77.5 Å². The lowest BCUT2D eigenvalue weighted by molar-refractivity contribution is 0.550. The van der Waals surface area contributed by atoms with Gasteiger partial charge in [-0.2, -0.15) is 5.26 Å². The van der Waals surface area contributed by atoms with Gasteiger partial charge in [0.1, 0.15) is 0 Å². The lowest BCUT2D eigenvalue weighted by Crippen LogP contribution is -1.91. The van der Waals surface area contributed by atoms with Gasteiger partial charge in [-0.3, -0.25) is 0 Å². The number of hydrogen-bond acceptors (Lipinski definition) is 1. The van der Waals surface area contributed by atoms with E-state index >= 15 is 0 Å². The van der Waals surface area contributed by atoms with Crippen LogP contribution in [-0.2, 0) is 0 Å². The molecular weight excluding hydrogens is 494 g/mol. The van der Waals surface area contributed by atoms with Gasteiger partial charge < -0.3 is 0 Å². The van der Waals surface area contributed by atoms with Gasteiger partial charge in [-0.05, 0) is 151 Å². The minimum Gasteiger partial charge on any atom is -0.198 e. The third kappa shape index (κ3) is 26.3. The van der Waals surface area contributed by atoms with Crippen LogP contribution in [0.2, 0.25) is 0 Å². The van der Waals surface area contributed by atoms with E-state index < -0.39 is 0 Å². The van der Waals surface area contributed by atoms with Gasteiger partial charge in [0.25, 0.3) is 0 Å². The molecule has 0 aliphatic rings. The average Bonchev–Trinajstić information content (AvgIpc) is 2.88. The van der Waals surface area contributed by atoms with Crippen LogP contribution in [0.25, 0.3) is 0 Å². The lowest BCUT2D eigenvalue weighted by Gasteiger charge is -2.05. The first-order valence-corrected chi connectivity index (χ1v) is 16.5. The molecular formula is C40H65N. The topological polar surface area (TPSA) is 23.8 Å². The molecule has 0 N–H and O–H groups in total. The van der Waals surface area contributed by atoms with Crippen molar-refractivity contribution in [2.75, 3.05) is 0 Å². The van der Waals surface area contributed by atoms with Crippen molar-refractivity contribution in [1.82, 2.24) is 0 Å². The Morgan fingerprint density at radius 2 is 0.732 bits per heavy atom. The minimum atomic E-state index is 0.509. The molecule has 0 amide bonds. The van der Waals surface area contributed by atoms with E-state index in [0.29, 0.717) is 12.3 Å². The van der Waals surface area contributed by atoms with Crippen LogP contribution >= 0.6 is 0 Å². The van der Waals surface area contributed by atoms with Crippen LogP contribution in [-0.4, -0.2) is 0 Å². The Morgan fingerprint density at radius 3 is 1.00 bits per heavy atom. The van der Waals surface area contributed by atoms with Crippen molar-refractivity contribution in [3.63, 3.8) is 0 Å². The standard InChI is InChI=1S/C40H65N/c1-33(2)17-10-18-34(3)19-11-20-35(4)21-12-22-36(5)23-13-24-37(6)25-14-26-38(7)27-15-28-39(8)29-16-30-40(9)31-32-41/h17,19,21,23,25,27,29,40H,10-16,18,20,22,24,26,28,30-31H2,1-9H3/b34-19+,35-21+,36-23+,37-25+,38-27+,39-29+. The minimum absolute atomic E-state index is 0.509. The Bertz CT molecular complexity index is 963. The molecule has 0 saturated heterocycles. The van der Waals surface area contributed by atoms with Crippen molar-refractivity contribution in [1.29, 1.82) is 5.26 Å². The first-order chi connectivity index (χ1) is 19.5. The van der Waals surface area contributed by atoms with Gasteiger partial charge in [-0.15, -0.1) is 0 Å². The molecule has 0 aromatic heterocycles. The molecule has 1 unspecified atom stereocenters. The van der Waals surface area contributed by atoms with Crippen molar-refractivity contribution in [2.24, 2.45) is 5.92 Å². The highest BCUT2D eigenvalue weighted by atomic mass is 14.2. The van der Waals surface area contributed by atoms with Gasteiger partial charge in [0.15, 0.2) is 0 Å². The Labute approximate surface area is 257 Å². The number of nitrogens with zero attached hydrogens (tertiary/aromatic N) is 1. The molecule has 0 aliphatic carbocycles. The van der Waals surface area contributed by atoms with Crippen molar-refractivity contribution in [2.45, 2.75) is 159 Å². The lowest BCUT2D eigenvalue weighted by atomic mass is 10.0. The molecule has 0 saturated carbocycles. The molecule has 0 aliphatic heterocycles. The average molecular weight is 560 g/mol. The van der Waals surface area contributed by atoms with E-state index in [-0.39, 0.29) is 0 Å². The zero-order valence-corrected chi connectivity index (χ0v) is 28.7. The second kappa shape index (κ2) is 25.4. The number of rotatable bonds is 22. The molecule has 1 nitrogen and oxygen atoms in total. The zero-order valence-electron chi connectivity index (χ0n) is 28.7. The summed E-state index contributed by atoms with van der Waals surface area (Å²) in [5.41, 5.74) is 10.5. The summed E-state index contributed by atoms with van der Waals surface area (Å²) >= 11 is 0. The molecule has 0 bridgehead atoms. The SMILES string of the molecule is CC(C)=CCC/C(C)=C/CC/C(C)=C/CC/C(C)=C/CC/C(C)=C/CC/C(C)=C/CC/C(C)=C/CCC(C)CC#N. The fraction of sp³-hybridized carbons (Fsp3) is 0.625. The van der Waals surface area contributed by atoms with Crippen molar-refractivity contribution < 1.29 is 0 Å². The first-order valence-electron chi connectivity index (χ1n) is 16.5. The summed E-state index contributed by atoms with van der Waals surface area (Å²) in [7, 11) is 0. The molecule has 0 radical (unpaired) electrons. The highest BCUT2D eigenvalue weighted by Gasteiger charge is 2.00. The Morgan fingerprint density at radius 1 is 0.463 bits per heavy atom. The summed E-state index contributed by atoms with van der Waals surface area (Å²) in [6, 6.07) is 2.27. The molecule has 41 heavy (non-hydrogen) atoms. The number of hydrogen-bond donors (Lipinski definition) is 0. The molecule has 0 heterocycles. The van der Waals surface area contributed by atoms with Crippen LogP contribution in [0.5, 0.6) is 0 Å². The highest BCUT2D eigenvalue weighted by molar-refractivity contribution is 5.09. The number of allylic oxidation sites excluding steroid dienone is 14. The van der Waals surface area contributed by atoms with E-state index in [9.17, 15) is 0 Å². The van der Waals surface area contributed by atoms with E-state index in [4.69, 9.17) is 5.26 Å². The Kier molecular flexibility index (Phi) is 23.9. The van der Waals surface area contributed by atoms with Gasteiger partial charge in [0.2, 0.25) is 0 Å². The van der Waals surface area contributed by atoms with Crippen molar-refractivity contribution in [3.05, 3.63) is 81.5 Å². The van der Waals surface area contributed by atoms with Crippen LogP contribution in [0.15, 0.2) is 81.5 Å². The van der Waals surface area contributed by atoms with E-state index in [1.54, 1.807) is 0 Å². The zero-order chi connectivity index (χ0) is 30.9. The molecule has 1 atom stereocenters. The van der Waals surface area contributed by atoms with E-state index in [2.05, 4.69) is 111 Å². The van der Waals surface area contributed by atoms with Gasteiger partial charge >= 0.3 is 0 Å². The van der Waals surface area contributed by atoms with Crippen LogP contribution in [0, 0.1) is 17.2 Å². The summed E-state index contributed by atoms with van der Waals surface area (Å²) < 4.78 is 0. The monoisotopic (exact) mass is 560 g/mol. The first kappa shape index (κ1) is 38.7. The van der Waals surface area contributed by atoms with Crippen LogP contribution in [0.1, 0.15) is 159 Å². The maximum atomic E-state index is 8.77. The molecule has 0 aromatic rings. The number of nitriles is 1. The van der Waals surface area contributed by atoms with E-state index in [0.717, 1.165) is 51.4 Å².